The fourth-order valence-electron chi connectivity index (χ4n) is 2.53. The van der Waals surface area contributed by atoms with Crippen LogP contribution in [0.5, 0.6) is 11.5 Å². The van der Waals surface area contributed by atoms with E-state index in [1.807, 2.05) is 0 Å². The van der Waals surface area contributed by atoms with Gasteiger partial charge in [0.15, 0.2) is 0 Å². The minimum atomic E-state index is -0.937. The Morgan fingerprint density at radius 1 is 1.27 bits per heavy atom. The van der Waals surface area contributed by atoms with Crippen molar-refractivity contribution in [3.05, 3.63) is 17.2 Å². The van der Waals surface area contributed by atoms with Gasteiger partial charge >= 0.3 is 5.97 Å². The summed E-state index contributed by atoms with van der Waals surface area (Å²) in [5, 5.41) is 12.3. The molecule has 0 saturated heterocycles. The van der Waals surface area contributed by atoms with Crippen LogP contribution in [0.1, 0.15) is 25.7 Å². The molecule has 0 bridgehead atoms. The highest BCUT2D eigenvalue weighted by Crippen LogP contribution is 2.44. The molecule has 1 fully saturated rings. The zero-order valence-corrected chi connectivity index (χ0v) is 13.2. The summed E-state index contributed by atoms with van der Waals surface area (Å²) in [4.78, 5) is 23.5. The number of benzene rings is 1. The first kappa shape index (κ1) is 16.4. The molecule has 2 rings (SSSR count). The Hall–Kier alpha value is -1.95. The van der Waals surface area contributed by atoms with Gasteiger partial charge in [-0.2, -0.15) is 0 Å². The second kappa shape index (κ2) is 6.44. The zero-order valence-electron chi connectivity index (χ0n) is 12.4. The van der Waals surface area contributed by atoms with Crippen molar-refractivity contribution < 1.29 is 24.2 Å². The number of aliphatic carboxylic acids is 1. The van der Waals surface area contributed by atoms with E-state index >= 15 is 0 Å². The molecule has 0 aliphatic heterocycles. The SMILES string of the molecule is COc1cc(OC)c(NC(=O)CC2(C(=O)O)CCC2)cc1Cl. The standard InChI is InChI=1S/C15H18ClNO5/c1-21-11-7-12(22-2)10(6-9(11)16)17-13(18)8-15(14(19)20)4-3-5-15/h6-7H,3-5,8H2,1-2H3,(H,17,18)(H,19,20). The summed E-state index contributed by atoms with van der Waals surface area (Å²) >= 11 is 6.04. The van der Waals surface area contributed by atoms with E-state index in [2.05, 4.69) is 5.32 Å². The van der Waals surface area contributed by atoms with Crippen LogP contribution in [0.15, 0.2) is 12.1 Å². The Bertz CT molecular complexity index is 598. The molecular weight excluding hydrogens is 310 g/mol. The van der Waals surface area contributed by atoms with Crippen molar-refractivity contribution >= 4 is 29.2 Å². The van der Waals surface area contributed by atoms with E-state index in [4.69, 9.17) is 21.1 Å². The molecule has 1 amide bonds. The van der Waals surface area contributed by atoms with Gasteiger partial charge in [0.2, 0.25) is 5.91 Å². The van der Waals surface area contributed by atoms with E-state index < -0.39 is 11.4 Å². The first-order valence-electron chi connectivity index (χ1n) is 6.86. The van der Waals surface area contributed by atoms with Crippen molar-refractivity contribution in [2.45, 2.75) is 25.7 Å². The first-order chi connectivity index (χ1) is 10.4. The van der Waals surface area contributed by atoms with Gasteiger partial charge in [0.05, 0.1) is 30.3 Å². The Balaban J connectivity index is 2.14. The molecule has 1 saturated carbocycles. The molecule has 1 aliphatic carbocycles. The van der Waals surface area contributed by atoms with Crippen LogP contribution in [0, 0.1) is 5.41 Å². The number of hydrogen-bond acceptors (Lipinski definition) is 4. The summed E-state index contributed by atoms with van der Waals surface area (Å²) in [7, 11) is 2.94. The van der Waals surface area contributed by atoms with Crippen LogP contribution < -0.4 is 14.8 Å². The van der Waals surface area contributed by atoms with Gasteiger partial charge in [0.1, 0.15) is 11.5 Å². The highest BCUT2D eigenvalue weighted by Gasteiger charge is 2.45. The average Bonchev–Trinajstić information content (AvgIpc) is 2.42. The number of carbonyl (C=O) groups excluding carboxylic acids is 1. The second-order valence-electron chi connectivity index (χ2n) is 5.35. The van der Waals surface area contributed by atoms with Crippen molar-refractivity contribution in [3.63, 3.8) is 0 Å². The molecule has 0 aromatic heterocycles. The number of halogens is 1. The van der Waals surface area contributed by atoms with E-state index in [0.717, 1.165) is 6.42 Å². The largest absolute Gasteiger partial charge is 0.495 e. The van der Waals surface area contributed by atoms with Crippen molar-refractivity contribution in [3.8, 4) is 11.5 Å². The normalized spacial score (nSPS) is 15.6. The van der Waals surface area contributed by atoms with Gasteiger partial charge in [-0.25, -0.2) is 0 Å². The molecule has 0 spiro atoms. The summed E-state index contributed by atoms with van der Waals surface area (Å²) in [6, 6.07) is 3.08. The number of carboxylic acid groups (broad SMARTS) is 1. The lowest BCUT2D eigenvalue weighted by Gasteiger charge is -2.36. The maximum atomic E-state index is 12.2. The lowest BCUT2D eigenvalue weighted by Crippen LogP contribution is -2.41. The Labute approximate surface area is 133 Å². The van der Waals surface area contributed by atoms with Crippen molar-refractivity contribution in [1.29, 1.82) is 0 Å². The predicted octanol–water partition coefficient (Wildman–Crippen LogP) is 2.94. The molecule has 0 radical (unpaired) electrons. The lowest BCUT2D eigenvalue weighted by atomic mass is 9.66. The number of methoxy groups -OCH3 is 2. The number of carboxylic acids is 1. The number of anilines is 1. The Morgan fingerprint density at radius 3 is 2.36 bits per heavy atom. The number of nitrogens with one attached hydrogen (secondary N) is 1. The highest BCUT2D eigenvalue weighted by molar-refractivity contribution is 6.32. The lowest BCUT2D eigenvalue weighted by molar-refractivity contribution is -0.157. The summed E-state index contributed by atoms with van der Waals surface area (Å²) in [6.45, 7) is 0. The van der Waals surface area contributed by atoms with Gasteiger partial charge in [-0.05, 0) is 18.9 Å². The van der Waals surface area contributed by atoms with Crippen molar-refractivity contribution in [2.75, 3.05) is 19.5 Å². The van der Waals surface area contributed by atoms with Gasteiger partial charge in [0.25, 0.3) is 0 Å². The number of amides is 1. The van der Waals surface area contributed by atoms with Gasteiger partial charge in [-0.3, -0.25) is 9.59 Å². The molecular formula is C15H18ClNO5. The van der Waals surface area contributed by atoms with Crippen LogP contribution in [0.2, 0.25) is 5.02 Å². The molecule has 0 heterocycles. The molecule has 1 aromatic rings. The topological polar surface area (TPSA) is 84.9 Å². The average molecular weight is 328 g/mol. The third kappa shape index (κ3) is 3.11. The third-order valence-corrected chi connectivity index (χ3v) is 4.31. The summed E-state index contributed by atoms with van der Waals surface area (Å²) < 4.78 is 10.3. The summed E-state index contributed by atoms with van der Waals surface area (Å²) in [5.41, 5.74) is -0.550. The smallest absolute Gasteiger partial charge is 0.310 e. The van der Waals surface area contributed by atoms with Gasteiger partial charge in [0, 0.05) is 12.5 Å². The Kier molecular flexibility index (Phi) is 4.81. The van der Waals surface area contributed by atoms with E-state index in [9.17, 15) is 14.7 Å². The van der Waals surface area contributed by atoms with E-state index in [1.165, 1.54) is 20.3 Å². The predicted molar refractivity (Wildman–Crippen MR) is 81.7 cm³/mol. The fourth-order valence-corrected chi connectivity index (χ4v) is 2.77. The molecule has 2 N–H and O–H groups in total. The third-order valence-electron chi connectivity index (χ3n) is 4.01. The van der Waals surface area contributed by atoms with Gasteiger partial charge in [-0.1, -0.05) is 18.0 Å². The van der Waals surface area contributed by atoms with Gasteiger partial charge in [-0.15, -0.1) is 0 Å². The van der Waals surface area contributed by atoms with Crippen LogP contribution in [-0.4, -0.2) is 31.2 Å². The van der Waals surface area contributed by atoms with E-state index in [1.54, 1.807) is 6.07 Å². The monoisotopic (exact) mass is 327 g/mol. The fraction of sp³-hybridized carbons (Fsp3) is 0.467. The Morgan fingerprint density at radius 2 is 1.91 bits per heavy atom. The quantitative estimate of drug-likeness (QED) is 0.839. The molecule has 0 atom stereocenters. The number of rotatable bonds is 6. The molecule has 120 valence electrons. The van der Waals surface area contributed by atoms with Crippen molar-refractivity contribution in [2.24, 2.45) is 5.41 Å². The minimum absolute atomic E-state index is 0.0604. The van der Waals surface area contributed by atoms with E-state index in [0.29, 0.717) is 35.1 Å². The molecule has 1 aromatic carbocycles. The van der Waals surface area contributed by atoms with Crippen LogP contribution in [0.4, 0.5) is 5.69 Å². The maximum absolute atomic E-state index is 12.2. The van der Waals surface area contributed by atoms with Gasteiger partial charge < -0.3 is 19.9 Å². The van der Waals surface area contributed by atoms with Crippen molar-refractivity contribution in [1.82, 2.24) is 0 Å². The summed E-state index contributed by atoms with van der Waals surface area (Å²) in [5.74, 6) is -0.472. The number of hydrogen-bond donors (Lipinski definition) is 2. The first-order valence-corrected chi connectivity index (χ1v) is 7.24. The molecule has 6 nitrogen and oxygen atoms in total. The van der Waals surface area contributed by atoms with Crippen LogP contribution in [0.3, 0.4) is 0 Å². The van der Waals surface area contributed by atoms with Crippen LogP contribution in [0.25, 0.3) is 0 Å². The maximum Gasteiger partial charge on any atom is 0.310 e. The van der Waals surface area contributed by atoms with Crippen LogP contribution >= 0.6 is 11.6 Å². The zero-order chi connectivity index (χ0) is 16.3. The van der Waals surface area contributed by atoms with Crippen LogP contribution in [-0.2, 0) is 9.59 Å². The minimum Gasteiger partial charge on any atom is -0.495 e. The second-order valence-corrected chi connectivity index (χ2v) is 5.76. The highest BCUT2D eigenvalue weighted by atomic mass is 35.5. The molecule has 0 unspecified atom stereocenters. The molecule has 22 heavy (non-hydrogen) atoms. The summed E-state index contributed by atoms with van der Waals surface area (Å²) in [6.07, 6.45) is 1.82. The molecule has 7 heteroatoms. The van der Waals surface area contributed by atoms with E-state index in [-0.39, 0.29) is 12.3 Å². The number of ether oxygens (including phenoxy) is 2. The molecule has 1 aliphatic rings. The number of carbonyl (C=O) groups is 2.